The Kier molecular flexibility index (Phi) is 7.29. The molecule has 0 spiro atoms. The fourth-order valence-electron chi connectivity index (χ4n) is 3.23. The summed E-state index contributed by atoms with van der Waals surface area (Å²) in [6.07, 6.45) is 1.23. The van der Waals surface area contributed by atoms with Gasteiger partial charge in [0.1, 0.15) is 23.3 Å². The van der Waals surface area contributed by atoms with Gasteiger partial charge in [0.05, 0.1) is 23.3 Å². The summed E-state index contributed by atoms with van der Waals surface area (Å²) in [4.78, 5) is 6.74. The molecule has 2 aromatic heterocycles. The van der Waals surface area contributed by atoms with Crippen molar-refractivity contribution in [3.63, 3.8) is 0 Å². The number of halogens is 2. The molecule has 0 aliphatic carbocycles. The van der Waals surface area contributed by atoms with Crippen molar-refractivity contribution in [1.82, 2.24) is 9.97 Å². The minimum absolute atomic E-state index is 0.166. The van der Waals surface area contributed by atoms with Crippen LogP contribution in [0.25, 0.3) is 11.0 Å². The molecule has 33 heavy (non-hydrogen) atoms. The second-order valence-electron chi connectivity index (χ2n) is 6.65. The van der Waals surface area contributed by atoms with Gasteiger partial charge in [-0.2, -0.15) is 0 Å². The third-order valence-corrected chi connectivity index (χ3v) is 6.14. The highest BCUT2D eigenvalue weighted by atomic mass is 32.2. The van der Waals surface area contributed by atoms with E-state index in [-0.39, 0.29) is 10.5 Å². The summed E-state index contributed by atoms with van der Waals surface area (Å²) < 4.78 is 62.2. The number of aliphatic hydroxyl groups is 1. The van der Waals surface area contributed by atoms with Gasteiger partial charge in [-0.15, -0.1) is 0 Å². The highest BCUT2D eigenvalue weighted by molar-refractivity contribution is 7.92. The summed E-state index contributed by atoms with van der Waals surface area (Å²) in [5.74, 6) is -1.95. The number of aromatic nitrogens is 2. The van der Waals surface area contributed by atoms with Crippen molar-refractivity contribution in [3.8, 4) is 5.75 Å². The fourth-order valence-corrected chi connectivity index (χ4v) is 4.32. The van der Waals surface area contributed by atoms with Crippen molar-refractivity contribution in [1.29, 1.82) is 0 Å². The lowest BCUT2D eigenvalue weighted by atomic mass is 10.00. The van der Waals surface area contributed by atoms with Crippen LogP contribution in [0.4, 0.5) is 14.5 Å². The highest BCUT2D eigenvalue weighted by Gasteiger charge is 2.26. The summed E-state index contributed by atoms with van der Waals surface area (Å²) in [5, 5.41) is 11.2. The smallest absolute Gasteiger partial charge is 0.262 e. The number of aromatic amines is 1. The van der Waals surface area contributed by atoms with E-state index >= 15 is 4.39 Å². The summed E-state index contributed by atoms with van der Waals surface area (Å²) in [6.45, 7) is 4.00. The van der Waals surface area contributed by atoms with Gasteiger partial charge >= 0.3 is 0 Å². The zero-order chi connectivity index (χ0) is 24.2. The van der Waals surface area contributed by atoms with E-state index in [4.69, 9.17) is 4.74 Å². The van der Waals surface area contributed by atoms with Gasteiger partial charge in [0.15, 0.2) is 5.82 Å². The molecule has 2 heterocycles. The molecule has 3 N–H and O–H groups in total. The number of nitrogens with zero attached hydrogens (tertiary/aromatic N) is 1. The van der Waals surface area contributed by atoms with Gasteiger partial charge in [-0.25, -0.2) is 22.2 Å². The monoisotopic (exact) mass is 475 g/mol. The predicted octanol–water partition coefficient (Wildman–Crippen LogP) is 4.76. The Hall–Kier alpha value is -3.50. The minimum atomic E-state index is -4.20. The average molecular weight is 476 g/mol. The number of H-pyrrole nitrogens is 1. The molecule has 0 bridgehead atoms. The normalized spacial score (nSPS) is 12.1. The summed E-state index contributed by atoms with van der Waals surface area (Å²) in [7, 11) is -2.82. The Morgan fingerprint density at radius 1 is 1.12 bits per heavy atom. The molecule has 0 radical (unpaired) electrons. The molecule has 0 amide bonds. The van der Waals surface area contributed by atoms with E-state index in [1.807, 2.05) is 13.8 Å². The minimum Gasteiger partial charge on any atom is -0.497 e. The van der Waals surface area contributed by atoms with Crippen molar-refractivity contribution in [3.05, 3.63) is 83.7 Å². The maximum atomic E-state index is 15.2. The third-order valence-electron chi connectivity index (χ3n) is 4.77. The first kappa shape index (κ1) is 24.1. The van der Waals surface area contributed by atoms with Crippen molar-refractivity contribution >= 4 is 26.7 Å². The standard InChI is InChI=1S/C21H17F2N3O4S.C2H6/c1-30-12-4-2-5-13(10-12)31(28,29)26-17-8-7-16(22)18(19(17)23)20(27)15-11-25-21-14(15)6-3-9-24-21;1-2/h2-11,20,26-27H,1H3,(H,24,25);1-2H3. The van der Waals surface area contributed by atoms with Gasteiger partial charge in [0.25, 0.3) is 10.0 Å². The molecule has 10 heteroatoms. The van der Waals surface area contributed by atoms with Crippen molar-refractivity contribution in [2.75, 3.05) is 11.8 Å². The molecule has 2 aromatic carbocycles. The molecule has 0 fully saturated rings. The van der Waals surface area contributed by atoms with Crippen molar-refractivity contribution < 1.29 is 27.0 Å². The summed E-state index contributed by atoms with van der Waals surface area (Å²) in [6, 6.07) is 10.7. The number of rotatable bonds is 6. The van der Waals surface area contributed by atoms with Crippen molar-refractivity contribution in [2.24, 2.45) is 0 Å². The molecule has 0 saturated heterocycles. The van der Waals surface area contributed by atoms with Crippen LogP contribution in [0.3, 0.4) is 0 Å². The first-order valence-corrected chi connectivity index (χ1v) is 11.5. The van der Waals surface area contributed by atoms with E-state index in [9.17, 15) is 17.9 Å². The zero-order valence-corrected chi connectivity index (χ0v) is 19.0. The molecule has 0 aliphatic rings. The van der Waals surface area contributed by atoms with Crippen LogP contribution in [0.5, 0.6) is 5.75 Å². The zero-order valence-electron chi connectivity index (χ0n) is 18.1. The van der Waals surface area contributed by atoms with E-state index < -0.39 is 39.0 Å². The third kappa shape index (κ3) is 4.81. The van der Waals surface area contributed by atoms with Crippen LogP contribution in [0, 0.1) is 11.6 Å². The Morgan fingerprint density at radius 3 is 2.61 bits per heavy atom. The highest BCUT2D eigenvalue weighted by Crippen LogP contribution is 2.34. The van der Waals surface area contributed by atoms with Crippen LogP contribution >= 0.6 is 0 Å². The summed E-state index contributed by atoms with van der Waals surface area (Å²) in [5.41, 5.74) is -0.548. The lowest BCUT2D eigenvalue weighted by molar-refractivity contribution is 0.211. The number of aliphatic hydroxyl groups excluding tert-OH is 1. The molecule has 0 aliphatic heterocycles. The van der Waals surface area contributed by atoms with Crippen LogP contribution in [-0.2, 0) is 10.0 Å². The number of benzene rings is 2. The molecular weight excluding hydrogens is 452 g/mol. The van der Waals surface area contributed by atoms with E-state index in [1.165, 1.54) is 37.7 Å². The lowest BCUT2D eigenvalue weighted by Gasteiger charge is -2.16. The molecule has 4 aromatic rings. The maximum Gasteiger partial charge on any atom is 0.262 e. The fraction of sp³-hybridized carbons (Fsp3) is 0.174. The van der Waals surface area contributed by atoms with Gasteiger partial charge in [0, 0.05) is 29.4 Å². The number of pyridine rings is 1. The largest absolute Gasteiger partial charge is 0.497 e. The van der Waals surface area contributed by atoms with Gasteiger partial charge in [-0.05, 0) is 36.4 Å². The number of hydrogen-bond acceptors (Lipinski definition) is 5. The van der Waals surface area contributed by atoms with Crippen LogP contribution in [0.2, 0.25) is 0 Å². The Bertz CT molecular complexity index is 1370. The van der Waals surface area contributed by atoms with E-state index in [0.717, 1.165) is 12.1 Å². The maximum absolute atomic E-state index is 15.2. The average Bonchev–Trinajstić information content (AvgIpc) is 3.26. The van der Waals surface area contributed by atoms with Gasteiger partial charge in [-0.1, -0.05) is 19.9 Å². The first-order valence-electron chi connectivity index (χ1n) is 10.1. The molecule has 0 saturated carbocycles. The quantitative estimate of drug-likeness (QED) is 0.373. The Balaban J connectivity index is 0.00000149. The second kappa shape index (κ2) is 9.97. The Morgan fingerprint density at radius 2 is 1.88 bits per heavy atom. The Labute approximate surface area is 190 Å². The lowest BCUT2D eigenvalue weighted by Crippen LogP contribution is -2.16. The topological polar surface area (TPSA) is 104 Å². The van der Waals surface area contributed by atoms with Gasteiger partial charge < -0.3 is 14.8 Å². The van der Waals surface area contributed by atoms with Crippen LogP contribution < -0.4 is 9.46 Å². The van der Waals surface area contributed by atoms with E-state index in [1.54, 1.807) is 18.2 Å². The first-order chi connectivity index (χ1) is 15.8. The molecule has 1 unspecified atom stereocenters. The van der Waals surface area contributed by atoms with Crippen molar-refractivity contribution in [2.45, 2.75) is 24.8 Å². The summed E-state index contributed by atoms with van der Waals surface area (Å²) >= 11 is 0. The number of ether oxygens (including phenoxy) is 1. The predicted molar refractivity (Wildman–Crippen MR) is 122 cm³/mol. The number of fused-ring (bicyclic) bond motifs is 1. The molecule has 1 atom stereocenters. The van der Waals surface area contributed by atoms with Gasteiger partial charge in [-0.3, -0.25) is 4.72 Å². The number of hydrogen-bond donors (Lipinski definition) is 3. The second-order valence-corrected chi connectivity index (χ2v) is 8.34. The molecule has 4 rings (SSSR count). The number of anilines is 1. The van der Waals surface area contributed by atoms with Gasteiger partial charge in [0.2, 0.25) is 0 Å². The number of nitrogens with one attached hydrogen (secondary N) is 2. The molecule has 7 nitrogen and oxygen atoms in total. The number of sulfonamides is 1. The van der Waals surface area contributed by atoms with E-state index in [2.05, 4.69) is 14.7 Å². The number of methoxy groups -OCH3 is 1. The van der Waals surface area contributed by atoms with Crippen LogP contribution in [-0.4, -0.2) is 30.6 Å². The molecule has 174 valence electrons. The SMILES string of the molecule is CC.COc1cccc(S(=O)(=O)Nc2ccc(F)c(C(O)c3c[nH]c4ncccc34)c2F)c1. The van der Waals surface area contributed by atoms with E-state index in [0.29, 0.717) is 16.8 Å². The molecular formula is C23H23F2N3O4S. The van der Waals surface area contributed by atoms with Crippen LogP contribution in [0.1, 0.15) is 31.1 Å². The van der Waals surface area contributed by atoms with Crippen LogP contribution in [0.15, 0.2) is 65.8 Å².